The zero-order chi connectivity index (χ0) is 19.4. The van der Waals surface area contributed by atoms with Gasteiger partial charge in [0.05, 0.1) is 0 Å². The molecule has 0 unspecified atom stereocenters. The highest BCUT2D eigenvalue weighted by Gasteiger charge is 2.42. The Labute approximate surface area is 165 Å². The number of fused-ring (bicyclic) bond motifs is 2. The maximum Gasteiger partial charge on any atom is 0.413 e. The van der Waals surface area contributed by atoms with Gasteiger partial charge in [0, 0.05) is 24.8 Å². The molecule has 10 heteroatoms. The van der Waals surface area contributed by atoms with Crippen molar-refractivity contribution in [1.82, 2.24) is 19.9 Å². The lowest BCUT2D eigenvalue weighted by Gasteiger charge is -2.25. The molecule has 2 aromatic heterocycles. The van der Waals surface area contributed by atoms with Gasteiger partial charge in [-0.15, -0.1) is 0 Å². The molecule has 3 aromatic rings. The fraction of sp³-hybridized carbons (Fsp3) is 0.222. The van der Waals surface area contributed by atoms with Crippen LogP contribution in [0.1, 0.15) is 0 Å². The van der Waals surface area contributed by atoms with E-state index in [4.69, 9.17) is 0 Å². The van der Waals surface area contributed by atoms with Crippen molar-refractivity contribution < 1.29 is 0 Å². The van der Waals surface area contributed by atoms with Crippen LogP contribution in [0.4, 0.5) is 23.3 Å². The monoisotopic (exact) mass is 370 g/mol. The molecular formula is C18H20B2N8. The van der Waals surface area contributed by atoms with Gasteiger partial charge >= 0.3 is 14.0 Å². The van der Waals surface area contributed by atoms with Gasteiger partial charge in [-0.3, -0.25) is 0 Å². The number of nitrogens with zero attached hydrogens (tertiary/aromatic N) is 8. The molecule has 0 atom stereocenters. The first-order valence-electron chi connectivity index (χ1n) is 9.21. The molecule has 0 saturated heterocycles. The van der Waals surface area contributed by atoms with Crippen molar-refractivity contribution in [2.45, 2.75) is 0 Å². The fourth-order valence-corrected chi connectivity index (χ4v) is 4.36. The van der Waals surface area contributed by atoms with E-state index in [0.29, 0.717) is 0 Å². The maximum atomic E-state index is 4.48. The Balaban J connectivity index is 1.45. The molecule has 2 aliphatic rings. The van der Waals surface area contributed by atoms with Crippen LogP contribution in [0.3, 0.4) is 0 Å². The van der Waals surface area contributed by atoms with Gasteiger partial charge in [0.15, 0.2) is 23.3 Å². The molecule has 0 radical (unpaired) electrons. The molecule has 0 N–H and O–H groups in total. The Morgan fingerprint density at radius 3 is 1.00 bits per heavy atom. The third-order valence-electron chi connectivity index (χ3n) is 5.66. The summed E-state index contributed by atoms with van der Waals surface area (Å²) in [6.45, 7) is 0.150. The minimum absolute atomic E-state index is 0.0750. The quantitative estimate of drug-likeness (QED) is 0.577. The second-order valence-corrected chi connectivity index (χ2v) is 7.26. The number of aromatic nitrogens is 4. The van der Waals surface area contributed by atoms with Crippen molar-refractivity contribution in [3.05, 3.63) is 49.1 Å². The fourth-order valence-electron chi connectivity index (χ4n) is 4.36. The molecule has 0 bridgehead atoms. The summed E-state index contributed by atoms with van der Waals surface area (Å²) in [5.41, 5.74) is 2.40. The van der Waals surface area contributed by atoms with Crippen LogP contribution < -0.4 is 30.2 Å². The van der Waals surface area contributed by atoms with Gasteiger partial charge in [-0.25, -0.2) is 19.9 Å². The number of hydrogen-bond donors (Lipinski definition) is 0. The Bertz CT molecular complexity index is 890. The summed E-state index contributed by atoms with van der Waals surface area (Å²) in [7, 11) is 8.23. The Hall–Kier alpha value is -3.29. The minimum atomic E-state index is 0.0750. The lowest BCUT2D eigenvalue weighted by molar-refractivity contribution is 1.15. The summed E-state index contributed by atoms with van der Waals surface area (Å²) in [4.78, 5) is 26.6. The van der Waals surface area contributed by atoms with Crippen LogP contribution in [0.25, 0.3) is 0 Å². The second-order valence-electron chi connectivity index (χ2n) is 7.26. The van der Waals surface area contributed by atoms with E-state index in [1.54, 1.807) is 24.8 Å². The Kier molecular flexibility index (Phi) is 3.68. The highest BCUT2D eigenvalue weighted by molar-refractivity contribution is 6.83. The van der Waals surface area contributed by atoms with Crippen LogP contribution in [0, 0.1) is 0 Å². The first-order valence-corrected chi connectivity index (χ1v) is 9.21. The average molecular weight is 370 g/mol. The largest absolute Gasteiger partial charge is 0.413 e. The molecule has 0 aliphatic carbocycles. The lowest BCUT2D eigenvalue weighted by Crippen LogP contribution is -2.56. The highest BCUT2D eigenvalue weighted by atomic mass is 15.3. The van der Waals surface area contributed by atoms with Gasteiger partial charge < -0.3 is 19.2 Å². The summed E-state index contributed by atoms with van der Waals surface area (Å²) < 4.78 is 0. The van der Waals surface area contributed by atoms with E-state index >= 15 is 0 Å². The summed E-state index contributed by atoms with van der Waals surface area (Å²) in [5, 5.41) is 0. The van der Waals surface area contributed by atoms with E-state index < -0.39 is 0 Å². The van der Waals surface area contributed by atoms with Crippen LogP contribution in [0.15, 0.2) is 49.1 Å². The standard InChI is InChI=1S/C18H20B2N8/c1-25-15-16(22-10-9-21-15)26(2)19(25)13-5-7-14(8-6-13)20-27(3)17-18(28(20)4)24-12-11-23-17/h5-12H,1-4H3. The lowest BCUT2D eigenvalue weighted by atomic mass is 9.62. The first kappa shape index (κ1) is 16.9. The third kappa shape index (κ3) is 2.27. The normalized spacial score (nSPS) is 15.4. The first-order chi connectivity index (χ1) is 13.6. The minimum Gasteiger partial charge on any atom is -0.376 e. The smallest absolute Gasteiger partial charge is 0.376 e. The van der Waals surface area contributed by atoms with Gasteiger partial charge in [0.1, 0.15) is 0 Å². The van der Waals surface area contributed by atoms with Crippen LogP contribution in [0.2, 0.25) is 0 Å². The van der Waals surface area contributed by atoms with Crippen molar-refractivity contribution in [2.75, 3.05) is 47.4 Å². The predicted molar refractivity (Wildman–Crippen MR) is 115 cm³/mol. The van der Waals surface area contributed by atoms with Crippen molar-refractivity contribution >= 4 is 48.2 Å². The molecule has 0 spiro atoms. The number of anilines is 4. The van der Waals surface area contributed by atoms with Gasteiger partial charge in [-0.05, 0) is 39.1 Å². The molecule has 1 aromatic carbocycles. The van der Waals surface area contributed by atoms with Gasteiger partial charge in [-0.2, -0.15) is 0 Å². The molecule has 4 heterocycles. The van der Waals surface area contributed by atoms with Gasteiger partial charge in [0.2, 0.25) is 0 Å². The van der Waals surface area contributed by atoms with E-state index in [1.165, 1.54) is 10.9 Å². The third-order valence-corrected chi connectivity index (χ3v) is 5.66. The molecule has 0 saturated carbocycles. The summed E-state index contributed by atoms with van der Waals surface area (Å²) in [6, 6.07) is 8.74. The summed E-state index contributed by atoms with van der Waals surface area (Å²) >= 11 is 0. The summed E-state index contributed by atoms with van der Waals surface area (Å²) in [6.07, 6.45) is 6.95. The zero-order valence-corrected chi connectivity index (χ0v) is 16.4. The Morgan fingerprint density at radius 1 is 0.500 bits per heavy atom. The van der Waals surface area contributed by atoms with Crippen molar-refractivity contribution in [3.63, 3.8) is 0 Å². The number of hydrogen-bond acceptors (Lipinski definition) is 8. The molecule has 5 rings (SSSR count). The number of benzene rings is 1. The van der Waals surface area contributed by atoms with E-state index in [0.717, 1.165) is 23.3 Å². The van der Waals surface area contributed by atoms with E-state index in [-0.39, 0.29) is 14.0 Å². The molecule has 28 heavy (non-hydrogen) atoms. The topological polar surface area (TPSA) is 64.5 Å². The molecule has 138 valence electrons. The van der Waals surface area contributed by atoms with Crippen LogP contribution in [-0.2, 0) is 0 Å². The molecule has 0 fully saturated rings. The maximum absolute atomic E-state index is 4.48. The van der Waals surface area contributed by atoms with E-state index in [2.05, 4.69) is 91.6 Å². The van der Waals surface area contributed by atoms with E-state index in [1.807, 2.05) is 0 Å². The second kappa shape index (κ2) is 6.12. The zero-order valence-electron chi connectivity index (χ0n) is 16.4. The number of rotatable bonds is 2. The SMILES string of the molecule is CN1B(c2ccc(B3N(C)c4nccnc4N3C)cc2)N(C)c2nccnc21. The van der Waals surface area contributed by atoms with Crippen molar-refractivity contribution in [3.8, 4) is 0 Å². The molecule has 0 amide bonds. The molecular weight excluding hydrogens is 350 g/mol. The Morgan fingerprint density at radius 2 is 0.750 bits per heavy atom. The van der Waals surface area contributed by atoms with Crippen molar-refractivity contribution in [1.29, 1.82) is 0 Å². The van der Waals surface area contributed by atoms with E-state index in [9.17, 15) is 0 Å². The summed E-state index contributed by atoms with van der Waals surface area (Å²) in [5.74, 6) is 3.62. The van der Waals surface area contributed by atoms with Crippen LogP contribution in [0.5, 0.6) is 0 Å². The molecule has 2 aliphatic heterocycles. The molecule has 8 nitrogen and oxygen atoms in total. The highest BCUT2D eigenvalue weighted by Crippen LogP contribution is 2.32. The van der Waals surface area contributed by atoms with Crippen molar-refractivity contribution in [2.24, 2.45) is 0 Å². The average Bonchev–Trinajstić information content (AvgIpc) is 3.14. The van der Waals surface area contributed by atoms with Gasteiger partial charge in [0.25, 0.3) is 0 Å². The van der Waals surface area contributed by atoms with Gasteiger partial charge in [-0.1, -0.05) is 24.3 Å². The van der Waals surface area contributed by atoms with Crippen LogP contribution in [-0.4, -0.2) is 62.1 Å². The predicted octanol–water partition coefficient (Wildman–Crippen LogP) is -0.171. The van der Waals surface area contributed by atoms with Crippen LogP contribution >= 0.6 is 0 Å².